The van der Waals surface area contributed by atoms with E-state index in [-0.39, 0.29) is 25.9 Å². The first kappa shape index (κ1) is 37.0. The number of benzene rings is 4. The van der Waals surface area contributed by atoms with Gasteiger partial charge in [-0.2, -0.15) is 0 Å². The molecular formula is C40H46N4O7. The highest BCUT2D eigenvalue weighted by Crippen LogP contribution is 2.33. The molecule has 51 heavy (non-hydrogen) atoms. The zero-order chi connectivity index (χ0) is 36.2. The Morgan fingerprint density at radius 1 is 0.686 bits per heavy atom. The van der Waals surface area contributed by atoms with Crippen LogP contribution in [-0.2, 0) is 40.1 Å². The average Bonchev–Trinajstić information content (AvgIpc) is 3.15. The number of hydrogen-bond donors (Lipinski definition) is 2. The van der Waals surface area contributed by atoms with Crippen LogP contribution >= 0.6 is 0 Å². The van der Waals surface area contributed by atoms with Gasteiger partial charge in [0.05, 0.1) is 32.4 Å². The summed E-state index contributed by atoms with van der Waals surface area (Å²) in [6.07, 6.45) is 1.23. The van der Waals surface area contributed by atoms with Crippen LogP contribution in [0.1, 0.15) is 49.4 Å². The fourth-order valence-electron chi connectivity index (χ4n) is 6.53. The van der Waals surface area contributed by atoms with Crippen molar-refractivity contribution < 1.29 is 33.3 Å². The second-order valence-corrected chi connectivity index (χ2v) is 12.5. The fourth-order valence-corrected chi connectivity index (χ4v) is 6.53. The van der Waals surface area contributed by atoms with Crippen LogP contribution in [0, 0.1) is 0 Å². The summed E-state index contributed by atoms with van der Waals surface area (Å²) in [5, 5.41) is 0. The number of rotatable bonds is 18. The van der Waals surface area contributed by atoms with Gasteiger partial charge in [0, 0.05) is 31.3 Å². The molecular weight excluding hydrogens is 648 g/mol. The van der Waals surface area contributed by atoms with Crippen molar-refractivity contribution in [1.29, 1.82) is 0 Å². The van der Waals surface area contributed by atoms with E-state index >= 15 is 0 Å². The minimum Gasteiger partial charge on any atom is -0.497 e. The van der Waals surface area contributed by atoms with Crippen LogP contribution in [0.2, 0.25) is 0 Å². The third kappa shape index (κ3) is 9.94. The van der Waals surface area contributed by atoms with Crippen LogP contribution in [0.5, 0.6) is 5.75 Å². The molecule has 11 heteroatoms. The van der Waals surface area contributed by atoms with E-state index in [0.717, 1.165) is 28.0 Å². The summed E-state index contributed by atoms with van der Waals surface area (Å²) in [5.74, 6) is -0.339. The van der Waals surface area contributed by atoms with Gasteiger partial charge in [-0.25, -0.2) is 4.79 Å². The quantitative estimate of drug-likeness (QED) is 0.111. The van der Waals surface area contributed by atoms with Gasteiger partial charge in [-0.1, -0.05) is 66.7 Å². The van der Waals surface area contributed by atoms with Gasteiger partial charge < -0.3 is 40.2 Å². The number of carbonyl (C=O) groups excluding carboxylic acids is 3. The van der Waals surface area contributed by atoms with Crippen molar-refractivity contribution in [2.24, 2.45) is 11.5 Å². The first-order valence-electron chi connectivity index (χ1n) is 17.0. The van der Waals surface area contributed by atoms with Crippen molar-refractivity contribution in [2.45, 2.75) is 50.5 Å². The summed E-state index contributed by atoms with van der Waals surface area (Å²) in [5.41, 5.74) is 15.6. The fraction of sp³-hybridized carbons (Fsp3) is 0.325. The molecule has 1 saturated heterocycles. The van der Waals surface area contributed by atoms with Crippen LogP contribution in [0.4, 0.5) is 4.79 Å². The van der Waals surface area contributed by atoms with Gasteiger partial charge in [0.1, 0.15) is 18.6 Å². The Labute approximate surface area is 299 Å². The molecule has 11 nitrogen and oxygen atoms in total. The number of carbonyl (C=O) groups is 3. The third-order valence-electron chi connectivity index (χ3n) is 9.13. The van der Waals surface area contributed by atoms with Crippen molar-refractivity contribution in [2.75, 3.05) is 34.2 Å². The molecule has 0 bridgehead atoms. The molecule has 4 N–H and O–H groups in total. The average molecular weight is 695 g/mol. The topological polar surface area (TPSA) is 147 Å². The van der Waals surface area contributed by atoms with E-state index in [9.17, 15) is 14.4 Å². The highest BCUT2D eigenvalue weighted by atomic mass is 16.7. The van der Waals surface area contributed by atoms with E-state index in [4.69, 9.17) is 30.4 Å². The Balaban J connectivity index is 1.58. The minimum atomic E-state index is -0.550. The number of amides is 4. The monoisotopic (exact) mass is 694 g/mol. The first-order valence-corrected chi connectivity index (χ1v) is 17.0. The number of primary amides is 2. The number of aryl methyl sites for hydroxylation is 1. The van der Waals surface area contributed by atoms with Gasteiger partial charge in [0.2, 0.25) is 11.8 Å². The predicted octanol–water partition coefficient (Wildman–Crippen LogP) is 4.95. The van der Waals surface area contributed by atoms with E-state index in [0.29, 0.717) is 43.6 Å². The molecule has 4 amide bonds. The second kappa shape index (κ2) is 18.1. The number of urea groups is 1. The first-order chi connectivity index (χ1) is 24.8. The molecule has 268 valence electrons. The molecule has 0 spiro atoms. The standard InChI is InChI=1S/C40H46N4O7/c1-48-20-21-50-27-51-37-35(19-16-28-14-17-34(49-2)18-15-28)43(25-30-10-6-12-32(22-30)38(41)45)40(47)44(36(37)24-29-8-4-3-5-9-29)26-31-11-7-13-33(23-31)39(42)46/h3-15,17-18,22-23,35-37H,16,19-21,24-27H2,1-2H3,(H2,41,45)(H2,42,46)/t35-,36-,37-/m1/s1. The SMILES string of the molecule is COCCOCO[C@@H]1[C@@H](CCc2ccc(OC)cc2)N(Cc2cccc(C(N)=O)c2)C(=O)N(Cc2cccc(C(N)=O)c2)[C@@H]1Cc1ccccc1. The van der Waals surface area contributed by atoms with Crippen molar-refractivity contribution in [1.82, 2.24) is 9.80 Å². The molecule has 1 aliphatic heterocycles. The zero-order valence-corrected chi connectivity index (χ0v) is 29.1. The van der Waals surface area contributed by atoms with E-state index in [1.807, 2.05) is 76.5 Å². The molecule has 0 unspecified atom stereocenters. The van der Waals surface area contributed by atoms with Crippen LogP contribution < -0.4 is 16.2 Å². The molecule has 0 saturated carbocycles. The molecule has 0 aliphatic carbocycles. The van der Waals surface area contributed by atoms with Crippen LogP contribution in [0.15, 0.2) is 103 Å². The molecule has 0 aromatic heterocycles. The molecule has 4 aromatic rings. The Morgan fingerprint density at radius 2 is 1.27 bits per heavy atom. The van der Waals surface area contributed by atoms with E-state index in [1.54, 1.807) is 50.6 Å². The lowest BCUT2D eigenvalue weighted by Gasteiger charge is -2.51. The Kier molecular flexibility index (Phi) is 13.2. The van der Waals surface area contributed by atoms with Crippen molar-refractivity contribution >= 4 is 17.8 Å². The molecule has 0 radical (unpaired) electrons. The Bertz CT molecular complexity index is 1750. The number of hydrogen-bond acceptors (Lipinski definition) is 7. The van der Waals surface area contributed by atoms with E-state index < -0.39 is 30.0 Å². The summed E-state index contributed by atoms with van der Waals surface area (Å²) in [6.45, 7) is 1.14. The van der Waals surface area contributed by atoms with Gasteiger partial charge in [-0.05, 0) is 77.9 Å². The summed E-state index contributed by atoms with van der Waals surface area (Å²) in [4.78, 5) is 42.9. The highest BCUT2D eigenvalue weighted by molar-refractivity contribution is 5.93. The summed E-state index contributed by atoms with van der Waals surface area (Å²) in [6, 6.07) is 30.9. The van der Waals surface area contributed by atoms with Crippen LogP contribution in [-0.4, -0.2) is 80.1 Å². The highest BCUT2D eigenvalue weighted by Gasteiger charge is 2.47. The lowest BCUT2D eigenvalue weighted by atomic mass is 9.87. The molecule has 3 atom stereocenters. The molecule has 5 rings (SSSR count). The van der Waals surface area contributed by atoms with Gasteiger partial charge in [-0.15, -0.1) is 0 Å². The van der Waals surface area contributed by atoms with Crippen molar-refractivity contribution in [3.63, 3.8) is 0 Å². The number of ether oxygens (including phenoxy) is 4. The largest absolute Gasteiger partial charge is 0.497 e. The third-order valence-corrected chi connectivity index (χ3v) is 9.13. The van der Waals surface area contributed by atoms with Gasteiger partial charge in [-0.3, -0.25) is 9.59 Å². The van der Waals surface area contributed by atoms with Gasteiger partial charge in [0.25, 0.3) is 0 Å². The number of methoxy groups -OCH3 is 2. The molecule has 1 heterocycles. The summed E-state index contributed by atoms with van der Waals surface area (Å²) >= 11 is 0. The van der Waals surface area contributed by atoms with Gasteiger partial charge in [0.15, 0.2) is 0 Å². The normalized spacial score (nSPS) is 17.4. The molecule has 4 aromatic carbocycles. The number of nitrogens with zero attached hydrogens (tertiary/aromatic N) is 2. The van der Waals surface area contributed by atoms with E-state index in [1.165, 1.54) is 0 Å². The van der Waals surface area contributed by atoms with Crippen molar-refractivity contribution in [3.05, 3.63) is 137 Å². The molecule has 1 fully saturated rings. The smallest absolute Gasteiger partial charge is 0.321 e. The summed E-state index contributed by atoms with van der Waals surface area (Å²) in [7, 11) is 3.24. The zero-order valence-electron chi connectivity index (χ0n) is 29.1. The second-order valence-electron chi connectivity index (χ2n) is 12.5. The van der Waals surface area contributed by atoms with Crippen LogP contribution in [0.25, 0.3) is 0 Å². The minimum absolute atomic E-state index is 0.0114. The van der Waals surface area contributed by atoms with Crippen molar-refractivity contribution in [3.8, 4) is 5.75 Å². The Morgan fingerprint density at radius 3 is 1.84 bits per heavy atom. The Hall–Kier alpha value is -5.23. The maximum atomic E-state index is 15.0. The number of nitrogens with two attached hydrogens (primary N) is 2. The lowest BCUT2D eigenvalue weighted by Crippen LogP contribution is -2.66. The maximum Gasteiger partial charge on any atom is 0.321 e. The van der Waals surface area contributed by atoms with E-state index in [2.05, 4.69) is 0 Å². The predicted molar refractivity (Wildman–Crippen MR) is 193 cm³/mol. The lowest BCUT2D eigenvalue weighted by molar-refractivity contribution is -0.150. The maximum absolute atomic E-state index is 15.0. The summed E-state index contributed by atoms with van der Waals surface area (Å²) < 4.78 is 23.1. The molecule has 1 aliphatic rings. The van der Waals surface area contributed by atoms with Crippen LogP contribution in [0.3, 0.4) is 0 Å². The van der Waals surface area contributed by atoms with Gasteiger partial charge >= 0.3 is 6.03 Å².